The van der Waals surface area contributed by atoms with Gasteiger partial charge in [-0.15, -0.1) is 0 Å². The first-order chi connectivity index (χ1) is 15.0. The van der Waals surface area contributed by atoms with Crippen LogP contribution in [0.1, 0.15) is 51.2 Å². The number of anilines is 1. The number of amides is 3. The van der Waals surface area contributed by atoms with E-state index < -0.39 is 29.3 Å². The van der Waals surface area contributed by atoms with Crippen LogP contribution in [0.4, 0.5) is 14.9 Å². The minimum absolute atomic E-state index is 0.0291. The van der Waals surface area contributed by atoms with Gasteiger partial charge in [-0.3, -0.25) is 14.9 Å². The molecule has 2 heterocycles. The summed E-state index contributed by atoms with van der Waals surface area (Å²) in [6.45, 7) is 6.13. The molecule has 3 amide bonds. The highest BCUT2D eigenvalue weighted by Crippen LogP contribution is 2.32. The molecule has 1 saturated heterocycles. The average Bonchev–Trinajstić information content (AvgIpc) is 2.72. The summed E-state index contributed by atoms with van der Waals surface area (Å²) >= 11 is 0. The van der Waals surface area contributed by atoms with Crippen molar-refractivity contribution in [1.82, 2.24) is 10.2 Å². The van der Waals surface area contributed by atoms with E-state index in [0.717, 1.165) is 5.57 Å². The molecule has 8 nitrogen and oxygen atoms in total. The number of nitrogens with one attached hydrogen (secondary N) is 3. The molecular formula is C23H29FN4O4. The maximum atomic E-state index is 15.1. The molecule has 0 bridgehead atoms. The van der Waals surface area contributed by atoms with E-state index in [4.69, 9.17) is 10.1 Å². The van der Waals surface area contributed by atoms with Gasteiger partial charge in [-0.25, -0.2) is 9.18 Å². The standard InChI is InChI=1S/C23H29FN4O4/c1-23(2,3)32-22(31)28-9-7-13(8-10-28)15-12-18(26-4)16(11-17(15)24)20(25)14-5-6-19(29)27-21(14)30/h7,11-12,14,25-26H,5-6,8-10H2,1-4H3,(H,27,29,30). The van der Waals surface area contributed by atoms with Gasteiger partial charge in [-0.1, -0.05) is 6.08 Å². The summed E-state index contributed by atoms with van der Waals surface area (Å²) in [6.07, 6.45) is 2.23. The Balaban J connectivity index is 1.81. The number of hydrogen-bond donors (Lipinski definition) is 3. The molecule has 2 aliphatic rings. The number of halogens is 1. The first-order valence-corrected chi connectivity index (χ1v) is 10.6. The number of hydrogen-bond acceptors (Lipinski definition) is 6. The van der Waals surface area contributed by atoms with Crippen LogP contribution in [-0.2, 0) is 14.3 Å². The Bertz CT molecular complexity index is 996. The number of benzene rings is 1. The third kappa shape index (κ3) is 5.15. The van der Waals surface area contributed by atoms with Gasteiger partial charge in [-0.2, -0.15) is 0 Å². The monoisotopic (exact) mass is 444 g/mol. The average molecular weight is 445 g/mol. The zero-order valence-corrected chi connectivity index (χ0v) is 18.8. The molecule has 1 atom stereocenters. The highest BCUT2D eigenvalue weighted by Gasteiger charge is 2.32. The highest BCUT2D eigenvalue weighted by atomic mass is 19.1. The normalized spacial score (nSPS) is 19.2. The van der Waals surface area contributed by atoms with Gasteiger partial charge in [0, 0.05) is 43.4 Å². The predicted octanol–water partition coefficient (Wildman–Crippen LogP) is 3.31. The van der Waals surface area contributed by atoms with Gasteiger partial charge >= 0.3 is 6.09 Å². The van der Waals surface area contributed by atoms with E-state index in [1.165, 1.54) is 6.07 Å². The maximum Gasteiger partial charge on any atom is 0.410 e. The second-order valence-corrected chi connectivity index (χ2v) is 8.95. The van der Waals surface area contributed by atoms with Crippen molar-refractivity contribution in [3.63, 3.8) is 0 Å². The molecule has 1 fully saturated rings. The SMILES string of the molecule is CNc1cc(C2=CCN(C(=O)OC(C)(C)C)CC2)c(F)cc1C(=N)C1CCC(=O)NC1=O. The number of rotatable bonds is 4. The fourth-order valence-electron chi connectivity index (χ4n) is 3.81. The number of piperidine rings is 1. The second kappa shape index (κ2) is 9.10. The summed E-state index contributed by atoms with van der Waals surface area (Å²) in [5.41, 5.74) is 1.34. The Morgan fingerprint density at radius 1 is 1.28 bits per heavy atom. The van der Waals surface area contributed by atoms with E-state index in [9.17, 15) is 14.4 Å². The van der Waals surface area contributed by atoms with E-state index in [1.54, 1.807) is 44.9 Å². The highest BCUT2D eigenvalue weighted by molar-refractivity contribution is 6.17. The van der Waals surface area contributed by atoms with Gasteiger partial charge in [0.05, 0.1) is 11.6 Å². The van der Waals surface area contributed by atoms with Gasteiger partial charge in [0.25, 0.3) is 0 Å². The molecule has 0 aromatic heterocycles. The van der Waals surface area contributed by atoms with Crippen LogP contribution < -0.4 is 10.6 Å². The summed E-state index contributed by atoms with van der Waals surface area (Å²) < 4.78 is 20.5. The first-order valence-electron chi connectivity index (χ1n) is 10.6. The van der Waals surface area contributed by atoms with Crippen LogP contribution in [0.2, 0.25) is 0 Å². The van der Waals surface area contributed by atoms with E-state index in [2.05, 4.69) is 10.6 Å². The van der Waals surface area contributed by atoms with Crippen LogP contribution in [0.25, 0.3) is 5.57 Å². The molecule has 0 spiro atoms. The minimum atomic E-state index is -0.804. The Morgan fingerprint density at radius 2 is 2.00 bits per heavy atom. The van der Waals surface area contributed by atoms with Crippen LogP contribution in [0.3, 0.4) is 0 Å². The zero-order chi connectivity index (χ0) is 23.6. The van der Waals surface area contributed by atoms with E-state index in [-0.39, 0.29) is 30.0 Å². The summed E-state index contributed by atoms with van der Waals surface area (Å²) in [4.78, 5) is 37.4. The topological polar surface area (TPSA) is 112 Å². The molecule has 0 saturated carbocycles. The van der Waals surface area contributed by atoms with Gasteiger partial charge < -0.3 is 20.4 Å². The quantitative estimate of drug-likeness (QED) is 0.487. The van der Waals surface area contributed by atoms with Crippen LogP contribution in [0.15, 0.2) is 18.2 Å². The molecule has 1 aromatic rings. The van der Waals surface area contributed by atoms with Crippen LogP contribution in [-0.4, -0.2) is 54.3 Å². The lowest BCUT2D eigenvalue weighted by molar-refractivity contribution is -0.134. The lowest BCUT2D eigenvalue weighted by atomic mass is 9.87. The molecule has 3 N–H and O–H groups in total. The Labute approximate surface area is 186 Å². The fourth-order valence-corrected chi connectivity index (χ4v) is 3.81. The van der Waals surface area contributed by atoms with Crippen molar-refractivity contribution in [1.29, 1.82) is 5.41 Å². The van der Waals surface area contributed by atoms with E-state index in [1.807, 2.05) is 0 Å². The van der Waals surface area contributed by atoms with E-state index >= 15 is 4.39 Å². The molecular weight excluding hydrogens is 415 g/mol. The van der Waals surface area contributed by atoms with Crippen molar-refractivity contribution in [2.45, 2.75) is 45.6 Å². The first kappa shape index (κ1) is 23.4. The van der Waals surface area contributed by atoms with Crippen LogP contribution in [0.5, 0.6) is 0 Å². The van der Waals surface area contributed by atoms with Crippen molar-refractivity contribution in [3.05, 3.63) is 35.2 Å². The van der Waals surface area contributed by atoms with Crippen LogP contribution in [0, 0.1) is 17.1 Å². The summed E-state index contributed by atoms with van der Waals surface area (Å²) in [7, 11) is 1.66. The zero-order valence-electron chi connectivity index (χ0n) is 18.8. The molecule has 2 aliphatic heterocycles. The molecule has 32 heavy (non-hydrogen) atoms. The third-order valence-corrected chi connectivity index (χ3v) is 5.46. The summed E-state index contributed by atoms with van der Waals surface area (Å²) in [6, 6.07) is 2.88. The van der Waals surface area contributed by atoms with E-state index in [0.29, 0.717) is 30.8 Å². The fraction of sp³-hybridized carbons (Fsp3) is 0.478. The minimum Gasteiger partial charge on any atom is -0.444 e. The smallest absolute Gasteiger partial charge is 0.410 e. The molecule has 0 aliphatic carbocycles. The third-order valence-electron chi connectivity index (χ3n) is 5.46. The van der Waals surface area contributed by atoms with Crippen molar-refractivity contribution in [3.8, 4) is 0 Å². The molecule has 172 valence electrons. The molecule has 0 radical (unpaired) electrons. The van der Waals surface area contributed by atoms with Gasteiger partial charge in [0.1, 0.15) is 11.4 Å². The number of nitrogens with zero attached hydrogens (tertiary/aromatic N) is 1. The molecule has 9 heteroatoms. The summed E-state index contributed by atoms with van der Waals surface area (Å²) in [5, 5.41) is 13.7. The molecule has 1 aromatic carbocycles. The molecule has 1 unspecified atom stereocenters. The lowest BCUT2D eigenvalue weighted by Gasteiger charge is -2.30. The van der Waals surface area contributed by atoms with Crippen molar-refractivity contribution in [2.24, 2.45) is 5.92 Å². The number of carbonyl (C=O) groups is 3. The van der Waals surface area contributed by atoms with Gasteiger partial charge in [0.15, 0.2) is 0 Å². The Kier molecular flexibility index (Phi) is 6.66. The summed E-state index contributed by atoms with van der Waals surface area (Å²) in [5.74, 6) is -2.21. The number of imide groups is 1. The number of carbonyl (C=O) groups excluding carboxylic acids is 3. The Hall–Kier alpha value is -3.23. The Morgan fingerprint density at radius 3 is 2.56 bits per heavy atom. The van der Waals surface area contributed by atoms with Crippen molar-refractivity contribution < 1.29 is 23.5 Å². The van der Waals surface area contributed by atoms with Gasteiger partial charge in [-0.05, 0) is 51.3 Å². The molecule has 3 rings (SSSR count). The van der Waals surface area contributed by atoms with Crippen molar-refractivity contribution in [2.75, 3.05) is 25.5 Å². The van der Waals surface area contributed by atoms with Crippen LogP contribution >= 0.6 is 0 Å². The van der Waals surface area contributed by atoms with Crippen molar-refractivity contribution >= 4 is 34.9 Å². The predicted molar refractivity (Wildman–Crippen MR) is 119 cm³/mol. The largest absolute Gasteiger partial charge is 0.444 e. The maximum absolute atomic E-state index is 15.1. The second-order valence-electron chi connectivity index (χ2n) is 8.95. The van der Waals surface area contributed by atoms with Gasteiger partial charge in [0.2, 0.25) is 11.8 Å². The lowest BCUT2D eigenvalue weighted by Crippen LogP contribution is -2.44. The number of ether oxygens (including phenoxy) is 1.